The highest BCUT2D eigenvalue weighted by Crippen LogP contribution is 2.11. The fraction of sp³-hybridized carbons (Fsp3) is 0.692. The molecule has 0 nitrogen and oxygen atoms in total. The van der Waals surface area contributed by atoms with E-state index >= 15 is 0 Å². The second-order valence-electron chi connectivity index (χ2n) is 3.73. The minimum atomic E-state index is 1.14. The zero-order valence-electron chi connectivity index (χ0n) is 9.15. The molecule has 0 saturated carbocycles. The predicted octanol–water partition coefficient (Wildman–Crippen LogP) is 4.87. The molecule has 0 aromatic rings. The van der Waals surface area contributed by atoms with Gasteiger partial charge in [0.2, 0.25) is 0 Å². The van der Waals surface area contributed by atoms with Crippen LogP contribution in [0.15, 0.2) is 24.8 Å². The standard InChI is InChI=1S/C13H24/c1-4-6-7-8-9-10-11-12-13(3)5-2/h5H,2-4,6-12H2,1H3. The summed E-state index contributed by atoms with van der Waals surface area (Å²) in [6, 6.07) is 0. The molecule has 0 atom stereocenters. The SMILES string of the molecule is C=CC(=C)CCCCCCCCC. The largest absolute Gasteiger partial charge is 0.0988 e. The Balaban J connectivity index is 2.99. The van der Waals surface area contributed by atoms with Crippen molar-refractivity contribution >= 4 is 0 Å². The molecule has 0 amide bonds. The lowest BCUT2D eigenvalue weighted by Gasteiger charge is -2.00. The highest BCUT2D eigenvalue weighted by atomic mass is 14.0. The minimum absolute atomic E-state index is 1.14. The van der Waals surface area contributed by atoms with Crippen LogP contribution >= 0.6 is 0 Å². The van der Waals surface area contributed by atoms with Gasteiger partial charge in [-0.3, -0.25) is 0 Å². The molecule has 0 aromatic carbocycles. The quantitative estimate of drug-likeness (QED) is 0.351. The third-order valence-electron chi connectivity index (χ3n) is 2.39. The maximum Gasteiger partial charge on any atom is -0.0285 e. The van der Waals surface area contributed by atoms with Crippen molar-refractivity contribution < 1.29 is 0 Å². The van der Waals surface area contributed by atoms with Crippen molar-refractivity contribution in [1.82, 2.24) is 0 Å². The number of hydrogen-bond donors (Lipinski definition) is 0. The molecule has 0 unspecified atom stereocenters. The van der Waals surface area contributed by atoms with Crippen molar-refractivity contribution in [2.45, 2.75) is 58.3 Å². The van der Waals surface area contributed by atoms with Crippen LogP contribution in [-0.4, -0.2) is 0 Å². The Kier molecular flexibility index (Phi) is 9.18. The van der Waals surface area contributed by atoms with Crippen molar-refractivity contribution in [3.05, 3.63) is 24.8 Å². The third kappa shape index (κ3) is 9.39. The van der Waals surface area contributed by atoms with Crippen molar-refractivity contribution in [2.75, 3.05) is 0 Å². The zero-order valence-corrected chi connectivity index (χ0v) is 9.15. The Morgan fingerprint density at radius 1 is 1.00 bits per heavy atom. The van der Waals surface area contributed by atoms with Gasteiger partial charge < -0.3 is 0 Å². The van der Waals surface area contributed by atoms with Crippen LogP contribution in [0.25, 0.3) is 0 Å². The lowest BCUT2D eigenvalue weighted by molar-refractivity contribution is 0.590. The van der Waals surface area contributed by atoms with Crippen LogP contribution in [0.1, 0.15) is 58.3 Å². The van der Waals surface area contributed by atoms with Gasteiger partial charge in [-0.15, -0.1) is 0 Å². The molecule has 0 rings (SSSR count). The third-order valence-corrected chi connectivity index (χ3v) is 2.39. The second kappa shape index (κ2) is 9.57. The summed E-state index contributed by atoms with van der Waals surface area (Å²) >= 11 is 0. The molecule has 0 heteroatoms. The van der Waals surface area contributed by atoms with Crippen molar-refractivity contribution in [3.63, 3.8) is 0 Å². The monoisotopic (exact) mass is 180 g/mol. The molecule has 0 aliphatic heterocycles. The molecule has 0 aliphatic rings. The average Bonchev–Trinajstić information content (AvgIpc) is 2.16. The van der Waals surface area contributed by atoms with Gasteiger partial charge in [0.1, 0.15) is 0 Å². The Labute approximate surface area is 83.7 Å². The van der Waals surface area contributed by atoms with Crippen LogP contribution < -0.4 is 0 Å². The van der Waals surface area contributed by atoms with Gasteiger partial charge in [-0.2, -0.15) is 0 Å². The first-order valence-corrected chi connectivity index (χ1v) is 5.61. The van der Waals surface area contributed by atoms with Crippen molar-refractivity contribution in [3.8, 4) is 0 Å². The van der Waals surface area contributed by atoms with Crippen molar-refractivity contribution in [1.29, 1.82) is 0 Å². The molecule has 0 spiro atoms. The van der Waals surface area contributed by atoms with Crippen LogP contribution in [0.3, 0.4) is 0 Å². The zero-order chi connectivity index (χ0) is 9.94. The molecule has 0 fully saturated rings. The van der Waals surface area contributed by atoms with Crippen LogP contribution in [0.5, 0.6) is 0 Å². The minimum Gasteiger partial charge on any atom is -0.0988 e. The van der Waals surface area contributed by atoms with E-state index in [-0.39, 0.29) is 0 Å². The number of allylic oxidation sites excluding steroid dienone is 2. The summed E-state index contributed by atoms with van der Waals surface area (Å²) in [4.78, 5) is 0. The fourth-order valence-corrected chi connectivity index (χ4v) is 1.41. The normalized spacial score (nSPS) is 9.92. The van der Waals surface area contributed by atoms with Gasteiger partial charge in [0.25, 0.3) is 0 Å². The fourth-order valence-electron chi connectivity index (χ4n) is 1.41. The highest BCUT2D eigenvalue weighted by molar-refractivity contribution is 5.10. The van der Waals surface area contributed by atoms with Crippen molar-refractivity contribution in [2.24, 2.45) is 0 Å². The molecule has 13 heavy (non-hydrogen) atoms. The summed E-state index contributed by atoms with van der Waals surface area (Å²) in [7, 11) is 0. The van der Waals surface area contributed by atoms with Crippen LogP contribution in [0.4, 0.5) is 0 Å². The summed E-state index contributed by atoms with van der Waals surface area (Å²) < 4.78 is 0. The maximum atomic E-state index is 3.90. The summed E-state index contributed by atoms with van der Waals surface area (Å²) in [5.74, 6) is 0. The molecule has 0 radical (unpaired) electrons. The van der Waals surface area contributed by atoms with Gasteiger partial charge >= 0.3 is 0 Å². The smallest absolute Gasteiger partial charge is 0.0285 e. The van der Waals surface area contributed by atoms with Crippen LogP contribution in [0.2, 0.25) is 0 Å². The first-order valence-electron chi connectivity index (χ1n) is 5.61. The Morgan fingerprint density at radius 3 is 2.08 bits per heavy atom. The average molecular weight is 180 g/mol. The second-order valence-corrected chi connectivity index (χ2v) is 3.73. The van der Waals surface area contributed by atoms with E-state index < -0.39 is 0 Å². The summed E-state index contributed by atoms with van der Waals surface area (Å²) in [5, 5.41) is 0. The van der Waals surface area contributed by atoms with E-state index in [4.69, 9.17) is 0 Å². The van der Waals surface area contributed by atoms with Gasteiger partial charge in [-0.05, 0) is 12.8 Å². The molecule has 0 N–H and O–H groups in total. The molecular formula is C13H24. The Hall–Kier alpha value is -0.520. The highest BCUT2D eigenvalue weighted by Gasteiger charge is 1.91. The molecular weight excluding hydrogens is 156 g/mol. The lowest BCUT2D eigenvalue weighted by atomic mass is 10.1. The number of hydrogen-bond acceptors (Lipinski definition) is 0. The molecule has 0 saturated heterocycles. The molecule has 0 heterocycles. The van der Waals surface area contributed by atoms with E-state index in [0.717, 1.165) is 6.42 Å². The predicted molar refractivity (Wildman–Crippen MR) is 61.9 cm³/mol. The van der Waals surface area contributed by atoms with E-state index in [1.807, 2.05) is 6.08 Å². The molecule has 0 aliphatic carbocycles. The molecule has 76 valence electrons. The summed E-state index contributed by atoms with van der Waals surface area (Å²) in [5.41, 5.74) is 1.19. The first-order chi connectivity index (χ1) is 6.31. The van der Waals surface area contributed by atoms with Gasteiger partial charge in [-0.25, -0.2) is 0 Å². The van der Waals surface area contributed by atoms with E-state index in [1.54, 1.807) is 0 Å². The number of unbranched alkanes of at least 4 members (excludes halogenated alkanes) is 6. The van der Waals surface area contributed by atoms with Crippen LogP contribution in [0, 0.1) is 0 Å². The lowest BCUT2D eigenvalue weighted by Crippen LogP contribution is -1.81. The van der Waals surface area contributed by atoms with Gasteiger partial charge in [0.05, 0.1) is 0 Å². The summed E-state index contributed by atoms with van der Waals surface area (Å²) in [6.45, 7) is 9.86. The van der Waals surface area contributed by atoms with Crippen LogP contribution in [-0.2, 0) is 0 Å². The van der Waals surface area contributed by atoms with E-state index in [1.165, 1.54) is 50.5 Å². The molecule has 0 aromatic heterocycles. The Morgan fingerprint density at radius 2 is 1.54 bits per heavy atom. The van der Waals surface area contributed by atoms with Gasteiger partial charge in [0, 0.05) is 0 Å². The molecule has 0 bridgehead atoms. The van der Waals surface area contributed by atoms with E-state index in [0.29, 0.717) is 0 Å². The van der Waals surface area contributed by atoms with Gasteiger partial charge in [-0.1, -0.05) is 70.3 Å². The van der Waals surface area contributed by atoms with Gasteiger partial charge in [0.15, 0.2) is 0 Å². The maximum absolute atomic E-state index is 3.90. The topological polar surface area (TPSA) is 0 Å². The number of rotatable bonds is 9. The van der Waals surface area contributed by atoms with E-state index in [2.05, 4.69) is 20.1 Å². The Bertz CT molecular complexity index is 133. The van der Waals surface area contributed by atoms with E-state index in [9.17, 15) is 0 Å². The first kappa shape index (κ1) is 12.5. The summed E-state index contributed by atoms with van der Waals surface area (Å²) in [6.07, 6.45) is 12.6.